The van der Waals surface area contributed by atoms with Gasteiger partial charge in [-0.25, -0.2) is 8.42 Å². The van der Waals surface area contributed by atoms with Gasteiger partial charge in [-0.1, -0.05) is 23.2 Å². The van der Waals surface area contributed by atoms with Crippen LogP contribution < -0.4 is 10.0 Å². The van der Waals surface area contributed by atoms with E-state index in [1.165, 1.54) is 29.5 Å². The topological polar surface area (TPSA) is 58.2 Å². The van der Waals surface area contributed by atoms with E-state index in [1.807, 2.05) is 0 Å². The maximum atomic E-state index is 12.2. The molecule has 0 radical (unpaired) electrons. The average Bonchev–Trinajstić information content (AvgIpc) is 2.76. The number of hydrogen-bond acceptors (Lipinski definition) is 4. The summed E-state index contributed by atoms with van der Waals surface area (Å²) >= 11 is 12.9. The molecule has 0 unspecified atom stereocenters. The van der Waals surface area contributed by atoms with Crippen molar-refractivity contribution in [3.63, 3.8) is 0 Å². The average molecular weight is 351 g/mol. The Balaban J connectivity index is 2.25. The second kappa shape index (κ2) is 6.32. The summed E-state index contributed by atoms with van der Waals surface area (Å²) in [5.41, 5.74) is 1.26. The van der Waals surface area contributed by atoms with Crippen molar-refractivity contribution in [2.75, 3.05) is 11.8 Å². The number of benzene rings is 1. The van der Waals surface area contributed by atoms with E-state index in [0.717, 1.165) is 5.56 Å². The van der Waals surface area contributed by atoms with Gasteiger partial charge in [-0.05, 0) is 42.3 Å². The Morgan fingerprint density at radius 2 is 1.80 bits per heavy atom. The highest BCUT2D eigenvalue weighted by molar-refractivity contribution is 7.94. The van der Waals surface area contributed by atoms with Gasteiger partial charge in [0, 0.05) is 16.6 Å². The molecule has 0 bridgehead atoms. The zero-order valence-electron chi connectivity index (χ0n) is 10.5. The predicted octanol–water partition coefficient (Wildman–Crippen LogP) is 3.58. The summed E-state index contributed by atoms with van der Waals surface area (Å²) in [4.78, 5) is 0. The summed E-state index contributed by atoms with van der Waals surface area (Å²) < 4.78 is 27.2. The summed E-state index contributed by atoms with van der Waals surface area (Å²) in [6.07, 6.45) is 0. The smallest absolute Gasteiger partial charge is 0.271 e. The molecule has 1 aromatic heterocycles. The lowest BCUT2D eigenvalue weighted by atomic mass is 10.3. The largest absolute Gasteiger partial charge is 0.316 e. The monoisotopic (exact) mass is 350 g/mol. The van der Waals surface area contributed by atoms with E-state index >= 15 is 0 Å². The lowest BCUT2D eigenvalue weighted by Gasteiger charge is -2.07. The summed E-state index contributed by atoms with van der Waals surface area (Å²) in [5.74, 6) is 0. The zero-order valence-corrected chi connectivity index (χ0v) is 13.6. The number of hydrogen-bond donors (Lipinski definition) is 2. The van der Waals surface area contributed by atoms with Gasteiger partial charge in [0.2, 0.25) is 0 Å². The Morgan fingerprint density at radius 3 is 2.40 bits per heavy atom. The maximum absolute atomic E-state index is 12.2. The molecule has 8 heteroatoms. The van der Waals surface area contributed by atoms with Gasteiger partial charge in [0.25, 0.3) is 10.0 Å². The Morgan fingerprint density at radius 1 is 1.15 bits per heavy atom. The van der Waals surface area contributed by atoms with Gasteiger partial charge in [-0.2, -0.15) is 0 Å². The number of nitrogens with one attached hydrogen (secondary N) is 2. The van der Waals surface area contributed by atoms with E-state index in [1.54, 1.807) is 18.5 Å². The fourth-order valence-corrected chi connectivity index (χ4v) is 4.38. The van der Waals surface area contributed by atoms with E-state index in [0.29, 0.717) is 22.3 Å². The molecule has 0 aliphatic rings. The molecular formula is C12H12Cl2N2O2S2. The molecule has 0 aliphatic heterocycles. The summed E-state index contributed by atoms with van der Waals surface area (Å²) in [6.45, 7) is 0.620. The van der Waals surface area contributed by atoms with Gasteiger partial charge in [0.15, 0.2) is 0 Å². The fourth-order valence-electron chi connectivity index (χ4n) is 1.61. The molecule has 20 heavy (non-hydrogen) atoms. The first-order valence-electron chi connectivity index (χ1n) is 5.61. The normalized spacial score (nSPS) is 11.6. The standard InChI is InChI=1S/C12H12Cl2N2O2S2/c1-15-6-8-2-12(19-7-8)20(17,18)16-11-4-9(13)3-10(14)5-11/h2-5,7,15-16H,6H2,1H3. The first-order chi connectivity index (χ1) is 9.40. The third-order valence-corrected chi connectivity index (χ3v) is 5.70. The van der Waals surface area contributed by atoms with Gasteiger partial charge in [-0.3, -0.25) is 4.72 Å². The zero-order chi connectivity index (χ0) is 14.8. The molecule has 0 saturated heterocycles. The van der Waals surface area contributed by atoms with Crippen molar-refractivity contribution in [3.05, 3.63) is 45.3 Å². The van der Waals surface area contributed by atoms with Gasteiger partial charge in [0.1, 0.15) is 4.21 Å². The maximum Gasteiger partial charge on any atom is 0.271 e. The number of sulfonamides is 1. The lowest BCUT2D eigenvalue weighted by Crippen LogP contribution is -2.11. The molecular weight excluding hydrogens is 339 g/mol. The van der Waals surface area contributed by atoms with Gasteiger partial charge in [0.05, 0.1) is 5.69 Å². The van der Waals surface area contributed by atoms with Crippen LogP contribution in [0.25, 0.3) is 0 Å². The first kappa shape index (κ1) is 15.6. The predicted molar refractivity (Wildman–Crippen MR) is 84.4 cm³/mol. The highest BCUT2D eigenvalue weighted by Crippen LogP contribution is 2.27. The van der Waals surface area contributed by atoms with Crippen molar-refractivity contribution in [2.24, 2.45) is 0 Å². The Kier molecular flexibility index (Phi) is 4.93. The summed E-state index contributed by atoms with van der Waals surface area (Å²) in [5, 5.41) is 5.52. The van der Waals surface area contributed by atoms with Crippen LogP contribution in [0, 0.1) is 0 Å². The van der Waals surface area contributed by atoms with Crippen molar-refractivity contribution in [2.45, 2.75) is 10.8 Å². The van der Waals surface area contributed by atoms with E-state index < -0.39 is 10.0 Å². The van der Waals surface area contributed by atoms with Crippen LogP contribution in [0.5, 0.6) is 0 Å². The highest BCUT2D eigenvalue weighted by atomic mass is 35.5. The van der Waals surface area contributed by atoms with Crippen LogP contribution in [-0.4, -0.2) is 15.5 Å². The molecule has 0 atom stereocenters. The van der Waals surface area contributed by atoms with Crippen LogP contribution in [0.3, 0.4) is 0 Å². The van der Waals surface area contributed by atoms with Gasteiger partial charge >= 0.3 is 0 Å². The molecule has 0 spiro atoms. The number of thiophene rings is 1. The van der Waals surface area contributed by atoms with Crippen molar-refractivity contribution < 1.29 is 8.42 Å². The van der Waals surface area contributed by atoms with Crippen molar-refractivity contribution in [1.29, 1.82) is 0 Å². The minimum atomic E-state index is -3.62. The molecule has 2 rings (SSSR count). The third-order valence-electron chi connectivity index (χ3n) is 2.39. The minimum absolute atomic E-state index is 0.249. The summed E-state index contributed by atoms with van der Waals surface area (Å²) in [6, 6.07) is 6.19. The van der Waals surface area contributed by atoms with Crippen molar-refractivity contribution in [1.82, 2.24) is 5.32 Å². The number of anilines is 1. The molecule has 0 aliphatic carbocycles. The molecule has 1 heterocycles. The Labute approximate surface area is 131 Å². The van der Waals surface area contributed by atoms with Crippen LogP contribution in [0.15, 0.2) is 33.9 Å². The van der Waals surface area contributed by atoms with Gasteiger partial charge < -0.3 is 5.32 Å². The molecule has 0 saturated carbocycles. The van der Waals surface area contributed by atoms with Crippen LogP contribution in [-0.2, 0) is 16.6 Å². The van der Waals surface area contributed by atoms with E-state index in [9.17, 15) is 8.42 Å². The lowest BCUT2D eigenvalue weighted by molar-refractivity contribution is 0.603. The number of rotatable bonds is 5. The van der Waals surface area contributed by atoms with E-state index in [4.69, 9.17) is 23.2 Å². The molecule has 2 aromatic rings. The Bertz CT molecular complexity index is 694. The van der Waals surface area contributed by atoms with Crippen molar-refractivity contribution >= 4 is 50.2 Å². The fraction of sp³-hybridized carbons (Fsp3) is 0.167. The number of halogens is 2. The molecule has 0 amide bonds. The second-order valence-electron chi connectivity index (χ2n) is 4.07. The van der Waals surface area contributed by atoms with Crippen LogP contribution in [0.2, 0.25) is 10.0 Å². The first-order valence-corrected chi connectivity index (χ1v) is 8.73. The highest BCUT2D eigenvalue weighted by Gasteiger charge is 2.17. The minimum Gasteiger partial charge on any atom is -0.316 e. The second-order valence-corrected chi connectivity index (χ2v) is 7.76. The van der Waals surface area contributed by atoms with Crippen LogP contribution >= 0.6 is 34.5 Å². The van der Waals surface area contributed by atoms with Gasteiger partial charge in [-0.15, -0.1) is 11.3 Å². The van der Waals surface area contributed by atoms with E-state index in [2.05, 4.69) is 10.0 Å². The van der Waals surface area contributed by atoms with Crippen LogP contribution in [0.1, 0.15) is 5.56 Å². The van der Waals surface area contributed by atoms with Crippen LogP contribution in [0.4, 0.5) is 5.69 Å². The van der Waals surface area contributed by atoms with E-state index in [-0.39, 0.29) is 4.21 Å². The molecule has 2 N–H and O–H groups in total. The molecule has 1 aromatic carbocycles. The van der Waals surface area contributed by atoms with Crippen molar-refractivity contribution in [3.8, 4) is 0 Å². The molecule has 0 fully saturated rings. The SMILES string of the molecule is CNCc1csc(S(=O)(=O)Nc2cc(Cl)cc(Cl)c2)c1. The quantitative estimate of drug-likeness (QED) is 0.866. The summed E-state index contributed by atoms with van der Waals surface area (Å²) in [7, 11) is -1.82. The third kappa shape index (κ3) is 3.86. The molecule has 4 nitrogen and oxygen atoms in total. The Hall–Kier alpha value is -0.790. The molecule has 108 valence electrons.